The van der Waals surface area contributed by atoms with E-state index in [-0.39, 0.29) is 0 Å². The molecule has 2 aliphatic rings. The van der Waals surface area contributed by atoms with E-state index in [1.165, 1.54) is 6.33 Å². The summed E-state index contributed by atoms with van der Waals surface area (Å²) in [6.07, 6.45) is 2.53. The number of rotatable bonds is 2. The summed E-state index contributed by atoms with van der Waals surface area (Å²) in [5.74, 6) is 1.01. The summed E-state index contributed by atoms with van der Waals surface area (Å²) in [7, 11) is 0. The van der Waals surface area contributed by atoms with Gasteiger partial charge in [0.05, 0.1) is 19.0 Å². The maximum Gasteiger partial charge on any atom is 0.165 e. The molecule has 0 aliphatic carbocycles. The van der Waals surface area contributed by atoms with Gasteiger partial charge in [0.1, 0.15) is 12.0 Å². The smallest absolute Gasteiger partial charge is 0.165 e. The molecule has 0 aromatic heterocycles. The number of hydrogen-bond acceptors (Lipinski definition) is 5. The fourth-order valence-corrected chi connectivity index (χ4v) is 1.32. The first-order valence-electron chi connectivity index (χ1n) is 4.28. The lowest BCUT2D eigenvalue weighted by molar-refractivity contribution is 0.173. The SMILES string of the molecule is CC(O)Cn1cnc(N)c2ncnc1-2. The lowest BCUT2D eigenvalue weighted by Crippen LogP contribution is -2.16. The molecule has 3 N–H and O–H groups in total. The van der Waals surface area contributed by atoms with E-state index in [4.69, 9.17) is 5.73 Å². The van der Waals surface area contributed by atoms with Crippen LogP contribution >= 0.6 is 0 Å². The van der Waals surface area contributed by atoms with Crippen molar-refractivity contribution in [2.45, 2.75) is 19.6 Å². The van der Waals surface area contributed by atoms with Gasteiger partial charge in [-0.15, -0.1) is 0 Å². The number of nitrogens with zero attached hydrogens (tertiary/aromatic N) is 4. The monoisotopic (exact) mass is 193 g/mol. The molecule has 1 unspecified atom stereocenters. The van der Waals surface area contributed by atoms with Gasteiger partial charge in [-0.1, -0.05) is 0 Å². The van der Waals surface area contributed by atoms with Crippen LogP contribution in [0.2, 0.25) is 0 Å². The summed E-state index contributed by atoms with van der Waals surface area (Å²) >= 11 is 0. The molecule has 6 heteroatoms. The number of anilines is 1. The van der Waals surface area contributed by atoms with Crippen LogP contribution in [-0.2, 0) is 6.54 Å². The number of fused-ring (bicyclic) bond motifs is 1. The van der Waals surface area contributed by atoms with E-state index in [1.54, 1.807) is 17.8 Å². The highest BCUT2D eigenvalue weighted by molar-refractivity contribution is 5.64. The van der Waals surface area contributed by atoms with Crippen LogP contribution in [0, 0.1) is 0 Å². The minimum atomic E-state index is -0.453. The predicted molar refractivity (Wildman–Crippen MR) is 50.5 cm³/mol. The Balaban J connectivity index is 2.47. The number of imidazole rings is 1. The zero-order chi connectivity index (χ0) is 10.1. The van der Waals surface area contributed by atoms with Gasteiger partial charge in [-0.25, -0.2) is 15.0 Å². The first-order valence-corrected chi connectivity index (χ1v) is 4.28. The molecule has 0 saturated heterocycles. The van der Waals surface area contributed by atoms with E-state index in [1.807, 2.05) is 0 Å². The van der Waals surface area contributed by atoms with E-state index in [0.717, 1.165) is 0 Å². The number of hydrogen-bond donors (Lipinski definition) is 2. The second-order valence-electron chi connectivity index (χ2n) is 3.18. The standard InChI is InChI=1S/C8H11N5O/c1-5(14)2-13-4-12-7(9)6-8(13)11-3-10-6/h3-5,14H,2,9H2,1H3. The van der Waals surface area contributed by atoms with Crippen molar-refractivity contribution >= 4 is 5.82 Å². The predicted octanol–water partition coefficient (Wildman–Crippen LogP) is -0.259. The third-order valence-corrected chi connectivity index (χ3v) is 1.89. The van der Waals surface area contributed by atoms with Crippen LogP contribution in [-0.4, -0.2) is 30.7 Å². The fourth-order valence-electron chi connectivity index (χ4n) is 1.32. The maximum absolute atomic E-state index is 9.24. The van der Waals surface area contributed by atoms with Crippen LogP contribution in [0.15, 0.2) is 12.7 Å². The molecular formula is C8H11N5O. The Bertz CT molecular complexity index is 410. The first-order chi connectivity index (χ1) is 6.68. The van der Waals surface area contributed by atoms with E-state index in [9.17, 15) is 5.11 Å². The molecule has 1 atom stereocenters. The van der Waals surface area contributed by atoms with Gasteiger partial charge in [0.15, 0.2) is 11.6 Å². The molecule has 0 saturated carbocycles. The molecule has 0 aromatic rings. The highest BCUT2D eigenvalue weighted by Gasteiger charge is 2.15. The topological polar surface area (TPSA) is 89.8 Å². The van der Waals surface area contributed by atoms with Gasteiger partial charge in [-0.2, -0.15) is 0 Å². The van der Waals surface area contributed by atoms with Gasteiger partial charge < -0.3 is 15.4 Å². The highest BCUT2D eigenvalue weighted by Crippen LogP contribution is 2.21. The molecule has 74 valence electrons. The average molecular weight is 193 g/mol. The largest absolute Gasteiger partial charge is 0.392 e. The van der Waals surface area contributed by atoms with Crippen molar-refractivity contribution in [1.82, 2.24) is 19.5 Å². The van der Waals surface area contributed by atoms with Crippen LogP contribution in [0.4, 0.5) is 5.82 Å². The number of aliphatic hydroxyl groups is 1. The Morgan fingerprint density at radius 1 is 1.50 bits per heavy atom. The van der Waals surface area contributed by atoms with Gasteiger partial charge in [0.25, 0.3) is 0 Å². The van der Waals surface area contributed by atoms with Gasteiger partial charge in [0.2, 0.25) is 0 Å². The Morgan fingerprint density at radius 3 is 3.00 bits per heavy atom. The van der Waals surface area contributed by atoms with Crippen LogP contribution in [0.5, 0.6) is 0 Å². The minimum Gasteiger partial charge on any atom is -0.392 e. The molecule has 2 heterocycles. The summed E-state index contributed by atoms with van der Waals surface area (Å²) in [4.78, 5) is 12.0. The molecule has 14 heavy (non-hydrogen) atoms. The van der Waals surface area contributed by atoms with Crippen molar-refractivity contribution in [3.05, 3.63) is 12.7 Å². The van der Waals surface area contributed by atoms with E-state index < -0.39 is 6.10 Å². The molecule has 0 spiro atoms. The molecule has 0 bridgehead atoms. The van der Waals surface area contributed by atoms with Crippen molar-refractivity contribution in [2.75, 3.05) is 5.73 Å². The maximum atomic E-state index is 9.24. The fraction of sp³-hybridized carbons (Fsp3) is 0.375. The van der Waals surface area contributed by atoms with Gasteiger partial charge >= 0.3 is 0 Å². The summed E-state index contributed by atoms with van der Waals surface area (Å²) in [6, 6.07) is 0. The second kappa shape index (κ2) is 3.22. The van der Waals surface area contributed by atoms with Crippen molar-refractivity contribution < 1.29 is 5.11 Å². The molecule has 0 radical (unpaired) electrons. The molecule has 2 rings (SSSR count). The summed E-state index contributed by atoms with van der Waals surface area (Å²) in [5.41, 5.74) is 6.19. The molecule has 0 fully saturated rings. The summed E-state index contributed by atoms with van der Waals surface area (Å²) in [6.45, 7) is 2.13. The Hall–Kier alpha value is -1.69. The zero-order valence-electron chi connectivity index (χ0n) is 7.75. The zero-order valence-corrected chi connectivity index (χ0v) is 7.75. The number of aromatic nitrogens is 4. The number of nitrogens with two attached hydrogens (primary N) is 1. The molecular weight excluding hydrogens is 182 g/mol. The molecule has 2 aliphatic heterocycles. The number of nitrogen functional groups attached to an aromatic ring is 1. The molecule has 0 aromatic carbocycles. The third kappa shape index (κ3) is 1.39. The van der Waals surface area contributed by atoms with Gasteiger partial charge in [-0.05, 0) is 6.92 Å². The van der Waals surface area contributed by atoms with Crippen LogP contribution in [0.3, 0.4) is 0 Å². The summed E-state index contributed by atoms with van der Waals surface area (Å²) < 4.78 is 1.73. The lowest BCUT2D eigenvalue weighted by atomic mass is 10.3. The van der Waals surface area contributed by atoms with Crippen LogP contribution < -0.4 is 5.73 Å². The van der Waals surface area contributed by atoms with Crippen molar-refractivity contribution in [2.24, 2.45) is 0 Å². The van der Waals surface area contributed by atoms with E-state index >= 15 is 0 Å². The third-order valence-electron chi connectivity index (χ3n) is 1.89. The van der Waals surface area contributed by atoms with Crippen molar-refractivity contribution in [1.29, 1.82) is 0 Å². The van der Waals surface area contributed by atoms with E-state index in [0.29, 0.717) is 23.9 Å². The van der Waals surface area contributed by atoms with Gasteiger partial charge in [0, 0.05) is 0 Å². The molecule has 0 amide bonds. The van der Waals surface area contributed by atoms with E-state index in [2.05, 4.69) is 15.0 Å². The normalized spacial score (nSPS) is 13.3. The average Bonchev–Trinajstić information content (AvgIpc) is 2.58. The van der Waals surface area contributed by atoms with Crippen LogP contribution in [0.25, 0.3) is 11.5 Å². The Kier molecular flexibility index (Phi) is 2.05. The van der Waals surface area contributed by atoms with Gasteiger partial charge in [-0.3, -0.25) is 0 Å². The quantitative estimate of drug-likeness (QED) is 0.685. The number of aliphatic hydroxyl groups excluding tert-OH is 1. The second-order valence-corrected chi connectivity index (χ2v) is 3.18. The van der Waals surface area contributed by atoms with Crippen LogP contribution in [0.1, 0.15) is 6.92 Å². The van der Waals surface area contributed by atoms with Crippen molar-refractivity contribution in [3.8, 4) is 11.5 Å². The Morgan fingerprint density at radius 2 is 2.29 bits per heavy atom. The first kappa shape index (κ1) is 8.89. The minimum absolute atomic E-state index is 0.361. The lowest BCUT2D eigenvalue weighted by Gasteiger charge is -2.12. The molecule has 6 nitrogen and oxygen atoms in total. The Labute approximate surface area is 80.8 Å². The van der Waals surface area contributed by atoms with Crippen molar-refractivity contribution in [3.63, 3.8) is 0 Å². The highest BCUT2D eigenvalue weighted by atomic mass is 16.3. The summed E-state index contributed by atoms with van der Waals surface area (Å²) in [5, 5.41) is 9.24.